The van der Waals surface area contributed by atoms with E-state index in [2.05, 4.69) is 25.4 Å². The summed E-state index contributed by atoms with van der Waals surface area (Å²) in [5.74, 6) is -1.75. The number of anilines is 2. The largest absolute Gasteiger partial charge is 0.318 e. The van der Waals surface area contributed by atoms with Crippen molar-refractivity contribution in [2.75, 3.05) is 16.8 Å². The molecule has 10 nitrogen and oxygen atoms in total. The summed E-state index contributed by atoms with van der Waals surface area (Å²) in [4.78, 5) is 39.8. The molecule has 0 radical (unpaired) electrons. The maximum atomic E-state index is 15.4. The van der Waals surface area contributed by atoms with Crippen LogP contribution in [0.5, 0.6) is 0 Å². The number of nitrogens with zero attached hydrogens (tertiary/aromatic N) is 7. The van der Waals surface area contributed by atoms with E-state index in [-0.39, 0.29) is 50.9 Å². The van der Waals surface area contributed by atoms with E-state index in [0.29, 0.717) is 29.3 Å². The Morgan fingerprint density at radius 2 is 1.98 bits per heavy atom. The minimum Gasteiger partial charge on any atom is -0.318 e. The maximum Gasteiger partial charge on any atom is 0.276 e. The van der Waals surface area contributed by atoms with Gasteiger partial charge in [0.25, 0.3) is 5.91 Å². The Bertz CT molecular complexity index is 1840. The van der Waals surface area contributed by atoms with Gasteiger partial charge < -0.3 is 5.32 Å². The van der Waals surface area contributed by atoms with Gasteiger partial charge in [-0.15, -0.1) is 0 Å². The monoisotopic (exact) mass is 588 g/mol. The summed E-state index contributed by atoms with van der Waals surface area (Å²) in [5, 5.41) is 16.3. The van der Waals surface area contributed by atoms with Crippen molar-refractivity contribution >= 4 is 34.9 Å². The third-order valence-electron chi connectivity index (χ3n) is 7.81. The molecule has 1 aromatic carbocycles. The van der Waals surface area contributed by atoms with Gasteiger partial charge in [-0.2, -0.15) is 10.4 Å². The van der Waals surface area contributed by atoms with Crippen molar-refractivity contribution in [3.63, 3.8) is 0 Å². The average Bonchev–Trinajstić information content (AvgIpc) is 3.47. The maximum absolute atomic E-state index is 15.4. The smallest absolute Gasteiger partial charge is 0.276 e. The van der Waals surface area contributed by atoms with E-state index < -0.39 is 23.6 Å². The highest BCUT2D eigenvalue weighted by Crippen LogP contribution is 2.47. The van der Waals surface area contributed by atoms with Crippen molar-refractivity contribution in [1.82, 2.24) is 24.7 Å². The molecule has 4 heterocycles. The standard InChI is InChI=1S/C29H23ClF2N8O2/c1-13-20(9-35-27(24(13)31)39-11-17-6-19(17)29(39)42)15(3)40-12-18(8-36-40)37-28(41)26-14(2)34-10-22(38-26)23-16(7-33)4-5-21(30)25(23)32/h4-5,8-10,12,15,17,19H,6,11H2,1-3H3,(H,37,41)/t15-,17+,19+/m0/s1. The SMILES string of the molecule is Cc1ncc(-c2c(C#N)ccc(Cl)c2F)nc1C(=O)Nc1cnn([C@@H](C)c2cnc(N3C[C@H]4C[C@H]4C3=O)c(F)c2C)c1. The first-order valence-electron chi connectivity index (χ1n) is 13.1. The predicted octanol–water partition coefficient (Wildman–Crippen LogP) is 5.00. The molecule has 13 heteroatoms. The molecular weight excluding hydrogens is 566 g/mol. The second kappa shape index (κ2) is 10.3. The lowest BCUT2D eigenvalue weighted by atomic mass is 10.0. The molecule has 212 valence electrons. The number of hydrogen-bond acceptors (Lipinski definition) is 7. The fourth-order valence-corrected chi connectivity index (χ4v) is 5.44. The quantitative estimate of drug-likeness (QED) is 0.335. The number of nitriles is 1. The number of nitrogens with one attached hydrogen (secondary N) is 1. The molecule has 42 heavy (non-hydrogen) atoms. The van der Waals surface area contributed by atoms with Gasteiger partial charge in [0.1, 0.15) is 5.69 Å². The van der Waals surface area contributed by atoms with Crippen molar-refractivity contribution in [3.8, 4) is 17.3 Å². The molecule has 1 aliphatic carbocycles. The van der Waals surface area contributed by atoms with E-state index in [1.165, 1.54) is 29.4 Å². The van der Waals surface area contributed by atoms with Crippen LogP contribution in [0, 0.1) is 48.6 Å². The van der Waals surface area contributed by atoms with Crippen LogP contribution in [0.1, 0.15) is 52.3 Å². The van der Waals surface area contributed by atoms with E-state index in [1.54, 1.807) is 30.9 Å². The summed E-state index contributed by atoms with van der Waals surface area (Å²) in [5.41, 5.74) is 1.28. The van der Waals surface area contributed by atoms with Crippen LogP contribution in [-0.4, -0.2) is 43.1 Å². The third-order valence-corrected chi connectivity index (χ3v) is 8.10. The number of halogens is 3. The summed E-state index contributed by atoms with van der Waals surface area (Å²) in [6.45, 7) is 5.51. The van der Waals surface area contributed by atoms with Gasteiger partial charge in [0.05, 0.1) is 57.7 Å². The molecule has 0 bridgehead atoms. The Kier molecular flexibility index (Phi) is 6.69. The third kappa shape index (κ3) is 4.55. The Hall–Kier alpha value is -4.76. The molecule has 2 aliphatic rings. The van der Waals surface area contributed by atoms with Gasteiger partial charge in [0.15, 0.2) is 17.5 Å². The molecule has 3 aromatic heterocycles. The van der Waals surface area contributed by atoms with Crippen molar-refractivity contribution < 1.29 is 18.4 Å². The minimum atomic E-state index is -0.839. The zero-order chi connectivity index (χ0) is 29.9. The minimum absolute atomic E-state index is 0.00503. The number of rotatable bonds is 6. The normalized spacial score (nSPS) is 18.0. The lowest BCUT2D eigenvalue weighted by Crippen LogP contribution is -2.30. The first-order valence-corrected chi connectivity index (χ1v) is 13.5. The molecule has 3 atom stereocenters. The van der Waals surface area contributed by atoms with Gasteiger partial charge in [-0.25, -0.2) is 18.7 Å². The zero-order valence-electron chi connectivity index (χ0n) is 22.7. The van der Waals surface area contributed by atoms with Gasteiger partial charge in [0.2, 0.25) is 5.91 Å². The number of carbonyl (C=O) groups excluding carboxylic acids is 2. The summed E-state index contributed by atoms with van der Waals surface area (Å²) in [6.07, 6.45) is 6.68. The van der Waals surface area contributed by atoms with Gasteiger partial charge in [-0.1, -0.05) is 11.6 Å². The van der Waals surface area contributed by atoms with E-state index in [1.807, 2.05) is 13.0 Å². The van der Waals surface area contributed by atoms with E-state index in [4.69, 9.17) is 11.6 Å². The molecule has 1 aliphatic heterocycles. The first-order chi connectivity index (χ1) is 20.1. The van der Waals surface area contributed by atoms with Crippen LogP contribution in [0.15, 0.2) is 36.9 Å². The summed E-state index contributed by atoms with van der Waals surface area (Å²) in [6, 6.07) is 4.08. The number of fused-ring (bicyclic) bond motifs is 1. The molecule has 0 spiro atoms. The van der Waals surface area contributed by atoms with Crippen LogP contribution in [0.25, 0.3) is 11.3 Å². The van der Waals surface area contributed by atoms with Crippen molar-refractivity contribution in [2.45, 2.75) is 33.2 Å². The molecule has 1 saturated heterocycles. The van der Waals surface area contributed by atoms with Crippen LogP contribution in [0.3, 0.4) is 0 Å². The van der Waals surface area contributed by atoms with Crippen LogP contribution in [0.2, 0.25) is 5.02 Å². The number of piperidine rings is 1. The number of carbonyl (C=O) groups is 2. The molecule has 1 saturated carbocycles. The number of hydrogen-bond donors (Lipinski definition) is 1. The number of aromatic nitrogens is 5. The van der Waals surface area contributed by atoms with Crippen molar-refractivity contribution in [1.29, 1.82) is 5.26 Å². The average molecular weight is 589 g/mol. The summed E-state index contributed by atoms with van der Waals surface area (Å²) < 4.78 is 31.7. The molecule has 4 aromatic rings. The van der Waals surface area contributed by atoms with Gasteiger partial charge >= 0.3 is 0 Å². The number of benzene rings is 1. The molecule has 2 amide bonds. The highest BCUT2D eigenvalue weighted by Gasteiger charge is 2.53. The van der Waals surface area contributed by atoms with Gasteiger partial charge in [0, 0.05) is 30.4 Å². The lowest BCUT2D eigenvalue weighted by molar-refractivity contribution is -0.118. The van der Waals surface area contributed by atoms with Crippen molar-refractivity contribution in [3.05, 3.63) is 81.7 Å². The Morgan fingerprint density at radius 1 is 1.19 bits per heavy atom. The number of amides is 2. The first kappa shape index (κ1) is 27.4. The van der Waals surface area contributed by atoms with E-state index in [9.17, 15) is 19.2 Å². The Balaban J connectivity index is 1.22. The Labute approximate surface area is 244 Å². The van der Waals surface area contributed by atoms with Crippen LogP contribution in [0.4, 0.5) is 20.3 Å². The van der Waals surface area contributed by atoms with E-state index >= 15 is 4.39 Å². The number of aryl methyl sites for hydroxylation is 1. The lowest BCUT2D eigenvalue weighted by Gasteiger charge is -2.21. The van der Waals surface area contributed by atoms with Crippen LogP contribution < -0.4 is 10.2 Å². The highest BCUT2D eigenvalue weighted by molar-refractivity contribution is 6.31. The second-order valence-electron chi connectivity index (χ2n) is 10.5. The van der Waals surface area contributed by atoms with Gasteiger partial charge in [-0.3, -0.25) is 24.2 Å². The molecular formula is C29H23ClF2N8O2. The molecule has 2 fully saturated rings. The van der Waals surface area contributed by atoms with Crippen LogP contribution in [-0.2, 0) is 4.79 Å². The van der Waals surface area contributed by atoms with Crippen molar-refractivity contribution in [2.24, 2.45) is 11.8 Å². The predicted molar refractivity (Wildman–Crippen MR) is 149 cm³/mol. The number of pyridine rings is 1. The summed E-state index contributed by atoms with van der Waals surface area (Å²) >= 11 is 5.91. The van der Waals surface area contributed by atoms with Gasteiger partial charge in [-0.05, 0) is 50.8 Å². The topological polar surface area (TPSA) is 130 Å². The Morgan fingerprint density at radius 3 is 2.69 bits per heavy atom. The van der Waals surface area contributed by atoms with E-state index in [0.717, 1.165) is 6.42 Å². The molecule has 6 rings (SSSR count). The summed E-state index contributed by atoms with van der Waals surface area (Å²) in [7, 11) is 0. The van der Waals surface area contributed by atoms with Crippen LogP contribution >= 0.6 is 11.6 Å². The second-order valence-corrected chi connectivity index (χ2v) is 10.9. The molecule has 0 unspecified atom stereocenters. The fourth-order valence-electron chi connectivity index (χ4n) is 5.28. The fraction of sp³-hybridized carbons (Fsp3) is 0.276. The zero-order valence-corrected chi connectivity index (χ0v) is 23.4. The highest BCUT2D eigenvalue weighted by atomic mass is 35.5. The molecule has 1 N–H and O–H groups in total.